The Morgan fingerprint density at radius 2 is 0.982 bits per heavy atom. The number of aliphatic hydroxyl groups excluding tert-OH is 2. The summed E-state index contributed by atoms with van der Waals surface area (Å²) in [6.07, 6.45) is -6.44. The molecule has 2 fully saturated rings. The van der Waals surface area contributed by atoms with Gasteiger partial charge in [-0.3, -0.25) is 0 Å². The van der Waals surface area contributed by atoms with Crippen molar-refractivity contribution < 1.29 is 47.5 Å². The average molecular weight is 811 g/mol. The van der Waals surface area contributed by atoms with Crippen LogP contribution >= 0.6 is 0 Å². The van der Waals surface area contributed by atoms with Crippen molar-refractivity contribution in [3.63, 3.8) is 0 Å². The van der Waals surface area contributed by atoms with Gasteiger partial charge in [0.25, 0.3) is 16.6 Å². The van der Waals surface area contributed by atoms with Crippen LogP contribution in [0.4, 0.5) is 4.79 Å². The first-order valence-electron chi connectivity index (χ1n) is 19.6. The molecule has 0 unspecified atom stereocenters. The molecule has 8 atom stereocenters. The Morgan fingerprint density at radius 3 is 1.40 bits per heavy atom. The van der Waals surface area contributed by atoms with Crippen LogP contribution in [-0.4, -0.2) is 95.2 Å². The van der Waals surface area contributed by atoms with Crippen molar-refractivity contribution >= 4 is 43.5 Å². The van der Waals surface area contributed by atoms with Crippen LogP contribution < -0.4 is 20.7 Å². The molecule has 3 aliphatic heterocycles. The fourth-order valence-corrected chi connectivity index (χ4v) is 17.8. The number of carbonyl (C=O) groups excluding carboxylic acids is 1. The molecule has 0 amide bonds. The van der Waals surface area contributed by atoms with E-state index in [9.17, 15) is 15.0 Å². The molecular weight excluding hydrogens is 757 g/mol. The predicted octanol–water partition coefficient (Wildman–Crippen LogP) is 4.79. The summed E-state index contributed by atoms with van der Waals surface area (Å²) in [4.78, 5) is 12.6. The highest BCUT2D eigenvalue weighted by atomic mass is 28.4. The summed E-state index contributed by atoms with van der Waals surface area (Å²) in [6.45, 7) is 13.2. The number of hydrogen-bond acceptors (Lipinski definition) is 10. The molecule has 0 radical (unpaired) electrons. The average Bonchev–Trinajstić information content (AvgIpc) is 3.60. The Kier molecular flexibility index (Phi) is 12.0. The Hall–Kier alpha value is -4.12. The largest absolute Gasteiger partial charge is 0.509 e. The van der Waals surface area contributed by atoms with E-state index in [1.165, 1.54) is 6.26 Å². The van der Waals surface area contributed by atoms with Gasteiger partial charge in [0.1, 0.15) is 30.5 Å². The van der Waals surface area contributed by atoms with Crippen molar-refractivity contribution in [2.24, 2.45) is 0 Å². The highest BCUT2D eigenvalue weighted by Gasteiger charge is 2.57. The fourth-order valence-electron chi connectivity index (χ4n) is 8.65. The van der Waals surface area contributed by atoms with E-state index >= 15 is 0 Å². The first kappa shape index (κ1) is 41.1. The second-order valence-corrected chi connectivity index (χ2v) is 25.6. The van der Waals surface area contributed by atoms with Crippen LogP contribution in [0, 0.1) is 0 Å². The number of rotatable bonds is 12. The molecule has 0 aliphatic carbocycles. The SMILES string of the molecule is CC(C)(C)[Si](OC[C@H]1OC=C[C@@H](O[C@@H]2O[C@H](CO[Si](c3ccccc3)(c3ccccc3)C(C)(C)C)[C@@H]3OC(=O)O[C@@H]3[C@H]2O)[C@H]1O)(c1ccccc1)c1ccccc1. The molecule has 2 N–H and O–H groups in total. The van der Waals surface area contributed by atoms with Gasteiger partial charge in [-0.2, -0.15) is 0 Å². The molecule has 4 aromatic carbocycles. The second kappa shape index (κ2) is 16.6. The number of fused-ring (bicyclic) bond motifs is 1. The van der Waals surface area contributed by atoms with Crippen LogP contribution in [0.1, 0.15) is 41.5 Å². The summed E-state index contributed by atoms with van der Waals surface area (Å²) in [6, 6.07) is 40.9. The van der Waals surface area contributed by atoms with E-state index in [4.69, 9.17) is 32.5 Å². The maximum absolute atomic E-state index is 12.6. The van der Waals surface area contributed by atoms with Gasteiger partial charge in [-0.25, -0.2) is 4.79 Å². The first-order valence-corrected chi connectivity index (χ1v) is 23.4. The zero-order valence-electron chi connectivity index (χ0n) is 33.4. The van der Waals surface area contributed by atoms with Gasteiger partial charge >= 0.3 is 6.16 Å². The van der Waals surface area contributed by atoms with E-state index in [0.717, 1.165) is 20.7 Å². The lowest BCUT2D eigenvalue weighted by molar-refractivity contribution is -0.299. The lowest BCUT2D eigenvalue weighted by Gasteiger charge is -2.46. The van der Waals surface area contributed by atoms with Gasteiger partial charge in [0.05, 0.1) is 19.5 Å². The molecule has 10 nitrogen and oxygen atoms in total. The van der Waals surface area contributed by atoms with E-state index in [1.807, 2.05) is 72.8 Å². The van der Waals surface area contributed by atoms with Crippen molar-refractivity contribution in [1.29, 1.82) is 0 Å². The second-order valence-electron chi connectivity index (χ2n) is 17.0. The molecule has 4 aromatic rings. The van der Waals surface area contributed by atoms with Crippen LogP contribution in [0.25, 0.3) is 0 Å². The first-order chi connectivity index (χ1) is 27.3. The topological polar surface area (TPSA) is 122 Å². The number of ether oxygens (including phenoxy) is 5. The molecule has 12 heteroatoms. The highest BCUT2D eigenvalue weighted by molar-refractivity contribution is 7.00. The van der Waals surface area contributed by atoms with Crippen molar-refractivity contribution in [3.8, 4) is 0 Å². The van der Waals surface area contributed by atoms with Gasteiger partial charge in [-0.1, -0.05) is 163 Å². The molecule has 0 bridgehead atoms. The van der Waals surface area contributed by atoms with Gasteiger partial charge in [0.2, 0.25) is 0 Å². The summed E-state index contributed by atoms with van der Waals surface area (Å²) in [5.74, 6) is 0. The van der Waals surface area contributed by atoms with Crippen molar-refractivity contribution in [3.05, 3.63) is 134 Å². The minimum atomic E-state index is -3.03. The zero-order valence-corrected chi connectivity index (χ0v) is 35.4. The summed E-state index contributed by atoms with van der Waals surface area (Å²) in [7, 11) is -5.98. The molecule has 302 valence electrons. The van der Waals surface area contributed by atoms with Crippen molar-refractivity contribution in [2.45, 2.75) is 101 Å². The van der Waals surface area contributed by atoms with Crippen LogP contribution in [0.2, 0.25) is 10.1 Å². The molecule has 3 aliphatic rings. The quantitative estimate of drug-likeness (QED) is 0.153. The Labute approximate surface area is 337 Å². The van der Waals surface area contributed by atoms with Gasteiger partial charge in [0, 0.05) is 0 Å². The van der Waals surface area contributed by atoms with Crippen molar-refractivity contribution in [2.75, 3.05) is 13.2 Å². The third kappa shape index (κ3) is 7.89. The van der Waals surface area contributed by atoms with Crippen molar-refractivity contribution in [1.82, 2.24) is 0 Å². The summed E-state index contributed by atoms with van der Waals surface area (Å²) in [5.41, 5.74) is 0. The zero-order chi connectivity index (χ0) is 40.4. The maximum atomic E-state index is 12.6. The monoisotopic (exact) mass is 810 g/mol. The van der Waals surface area contributed by atoms with Crippen LogP contribution in [0.5, 0.6) is 0 Å². The Bertz CT molecular complexity index is 1870. The number of carbonyl (C=O) groups is 1. The molecule has 57 heavy (non-hydrogen) atoms. The minimum Gasteiger partial charge on any atom is -0.493 e. The third-order valence-corrected chi connectivity index (χ3v) is 21.4. The molecular formula is C45H54O10Si2. The molecule has 0 aromatic heterocycles. The van der Waals surface area contributed by atoms with E-state index in [2.05, 4.69) is 90.1 Å². The third-order valence-electron chi connectivity index (χ3n) is 11.4. The summed E-state index contributed by atoms with van der Waals surface area (Å²) in [5, 5.41) is 27.1. The molecule has 0 spiro atoms. The van der Waals surface area contributed by atoms with Gasteiger partial charge in [0.15, 0.2) is 18.5 Å². The van der Waals surface area contributed by atoms with E-state index in [-0.39, 0.29) is 23.3 Å². The van der Waals surface area contributed by atoms with Crippen LogP contribution in [-0.2, 0) is 32.5 Å². The summed E-state index contributed by atoms with van der Waals surface area (Å²) >= 11 is 0. The fraction of sp³-hybridized carbons (Fsp3) is 0.400. The van der Waals surface area contributed by atoms with Gasteiger partial charge in [-0.15, -0.1) is 0 Å². The highest BCUT2D eigenvalue weighted by Crippen LogP contribution is 2.40. The standard InChI is InChI=1S/C45H54O10Si2/c1-44(2,3)56(31-19-11-7-12-20-31,32-21-13-8-14-22-32)50-29-36-38(46)35(27-28-49-36)52-42-39(47)41-40(54-43(48)55-41)37(53-42)30-51-57(45(4,5)6,33-23-15-9-16-24-33)34-25-17-10-18-26-34/h7-28,35-42,46-47H,29-30H2,1-6H3/t35-,36-,37-,38-,39-,40+,41-,42-/m1/s1. The molecule has 2 saturated heterocycles. The van der Waals surface area contributed by atoms with E-state index in [0.29, 0.717) is 0 Å². The minimum absolute atomic E-state index is 0.0127. The normalized spacial score (nSPS) is 26.6. The molecule has 7 rings (SSSR count). The number of aliphatic hydroxyl groups is 2. The maximum Gasteiger partial charge on any atom is 0.509 e. The Morgan fingerprint density at radius 1 is 0.579 bits per heavy atom. The predicted molar refractivity (Wildman–Crippen MR) is 222 cm³/mol. The number of hydrogen-bond donors (Lipinski definition) is 2. The lowest BCUT2D eigenvalue weighted by Crippen LogP contribution is -2.68. The Balaban J connectivity index is 1.12. The van der Waals surface area contributed by atoms with Gasteiger partial charge < -0.3 is 42.7 Å². The van der Waals surface area contributed by atoms with E-state index < -0.39 is 71.8 Å². The molecule has 3 heterocycles. The number of benzene rings is 4. The smallest absolute Gasteiger partial charge is 0.493 e. The van der Waals surface area contributed by atoms with Crippen LogP contribution in [0.3, 0.4) is 0 Å². The molecule has 0 saturated carbocycles. The van der Waals surface area contributed by atoms with Crippen LogP contribution in [0.15, 0.2) is 134 Å². The lowest BCUT2D eigenvalue weighted by atomic mass is 9.99. The van der Waals surface area contributed by atoms with E-state index in [1.54, 1.807) is 6.08 Å². The summed E-state index contributed by atoms with van der Waals surface area (Å²) < 4.78 is 44.2. The van der Waals surface area contributed by atoms with Gasteiger partial charge in [-0.05, 0) is 36.9 Å².